The summed E-state index contributed by atoms with van der Waals surface area (Å²) in [6.45, 7) is 1.31. The summed E-state index contributed by atoms with van der Waals surface area (Å²) in [5, 5.41) is 7.30. The van der Waals surface area contributed by atoms with Gasteiger partial charge in [0.05, 0.1) is 28.7 Å². The molecule has 31 heavy (non-hydrogen) atoms. The average molecular weight is 440 g/mol. The van der Waals surface area contributed by atoms with Crippen LogP contribution >= 0.6 is 0 Å². The molecule has 1 aromatic heterocycles. The highest BCUT2D eigenvalue weighted by Crippen LogP contribution is 2.33. The first-order valence-electron chi connectivity index (χ1n) is 8.71. The SMILES string of the molecule is CC(=NNC(=O)c1cnn(-c2ccccc2)c1C(F)(F)F)c1cccc(C(F)(F)F)c1. The predicted octanol–water partition coefficient (Wildman–Crippen LogP) is 5.06. The van der Waals surface area contributed by atoms with Gasteiger partial charge >= 0.3 is 12.4 Å². The van der Waals surface area contributed by atoms with Crippen molar-refractivity contribution in [2.24, 2.45) is 5.10 Å². The molecule has 0 aliphatic carbocycles. The summed E-state index contributed by atoms with van der Waals surface area (Å²) < 4.78 is 80.0. The summed E-state index contributed by atoms with van der Waals surface area (Å²) in [6.07, 6.45) is -8.73. The Labute approximate surface area is 172 Å². The van der Waals surface area contributed by atoms with E-state index in [9.17, 15) is 31.1 Å². The van der Waals surface area contributed by atoms with E-state index in [1.165, 1.54) is 37.3 Å². The van der Waals surface area contributed by atoms with Gasteiger partial charge in [0.1, 0.15) is 0 Å². The highest BCUT2D eigenvalue weighted by Gasteiger charge is 2.40. The Hall–Kier alpha value is -3.63. The van der Waals surface area contributed by atoms with E-state index in [2.05, 4.69) is 10.2 Å². The maximum absolute atomic E-state index is 13.6. The van der Waals surface area contributed by atoms with Gasteiger partial charge in [0, 0.05) is 0 Å². The number of hydrogen-bond acceptors (Lipinski definition) is 3. The summed E-state index contributed by atoms with van der Waals surface area (Å²) >= 11 is 0. The third-order valence-corrected chi connectivity index (χ3v) is 4.22. The van der Waals surface area contributed by atoms with E-state index in [0.717, 1.165) is 24.4 Å². The maximum atomic E-state index is 13.6. The van der Waals surface area contributed by atoms with E-state index >= 15 is 0 Å². The first-order valence-corrected chi connectivity index (χ1v) is 8.71. The molecule has 0 saturated carbocycles. The van der Waals surface area contributed by atoms with Gasteiger partial charge in [-0.25, -0.2) is 10.1 Å². The van der Waals surface area contributed by atoms with Crippen molar-refractivity contribution in [1.29, 1.82) is 0 Å². The predicted molar refractivity (Wildman–Crippen MR) is 99.7 cm³/mol. The lowest BCUT2D eigenvalue weighted by Crippen LogP contribution is -2.24. The fourth-order valence-corrected chi connectivity index (χ4v) is 2.73. The number of carbonyl (C=O) groups is 1. The molecule has 162 valence electrons. The summed E-state index contributed by atoms with van der Waals surface area (Å²) in [6, 6.07) is 11.6. The van der Waals surface area contributed by atoms with Gasteiger partial charge in [-0.15, -0.1) is 0 Å². The third-order valence-electron chi connectivity index (χ3n) is 4.22. The average Bonchev–Trinajstić information content (AvgIpc) is 3.18. The number of amides is 1. The first-order chi connectivity index (χ1) is 14.5. The number of hydrazone groups is 1. The highest BCUT2D eigenvalue weighted by molar-refractivity contribution is 6.01. The summed E-state index contributed by atoms with van der Waals surface area (Å²) in [7, 11) is 0. The highest BCUT2D eigenvalue weighted by atomic mass is 19.4. The molecule has 1 amide bonds. The van der Waals surface area contributed by atoms with Gasteiger partial charge in [0.2, 0.25) is 0 Å². The first kappa shape index (κ1) is 22.1. The number of alkyl halides is 6. The number of hydrogen-bond donors (Lipinski definition) is 1. The molecule has 0 saturated heterocycles. The molecule has 0 aliphatic rings. The van der Waals surface area contributed by atoms with Crippen LogP contribution in [0.15, 0.2) is 65.9 Å². The van der Waals surface area contributed by atoms with Crippen LogP contribution in [0.3, 0.4) is 0 Å². The topological polar surface area (TPSA) is 59.3 Å². The molecule has 0 unspecified atom stereocenters. The number of rotatable bonds is 4. The fourth-order valence-electron chi connectivity index (χ4n) is 2.73. The molecule has 0 aliphatic heterocycles. The van der Waals surface area contributed by atoms with Crippen LogP contribution in [0.5, 0.6) is 0 Å². The molecule has 11 heteroatoms. The number of nitrogens with zero attached hydrogens (tertiary/aromatic N) is 3. The van der Waals surface area contributed by atoms with E-state index < -0.39 is 35.1 Å². The number of nitrogens with one attached hydrogen (secondary N) is 1. The Morgan fingerprint density at radius 1 is 0.968 bits per heavy atom. The molecule has 0 radical (unpaired) electrons. The number of para-hydroxylation sites is 1. The Balaban J connectivity index is 1.90. The normalized spacial score (nSPS) is 12.7. The van der Waals surface area contributed by atoms with Gasteiger partial charge in [-0.2, -0.15) is 36.5 Å². The van der Waals surface area contributed by atoms with Crippen molar-refractivity contribution in [3.8, 4) is 5.69 Å². The molecule has 2 aromatic carbocycles. The molecule has 0 spiro atoms. The summed E-state index contributed by atoms with van der Waals surface area (Å²) in [5.74, 6) is -1.21. The minimum absolute atomic E-state index is 0.0246. The second kappa shape index (κ2) is 8.25. The van der Waals surface area contributed by atoms with Crippen molar-refractivity contribution < 1.29 is 31.1 Å². The van der Waals surface area contributed by atoms with Crippen LogP contribution in [0.1, 0.15) is 34.1 Å². The van der Waals surface area contributed by atoms with E-state index in [4.69, 9.17) is 0 Å². The molecule has 0 bridgehead atoms. The lowest BCUT2D eigenvalue weighted by molar-refractivity contribution is -0.143. The minimum atomic E-state index is -4.90. The zero-order valence-corrected chi connectivity index (χ0v) is 15.8. The van der Waals surface area contributed by atoms with Gasteiger partial charge < -0.3 is 0 Å². The monoisotopic (exact) mass is 440 g/mol. The standard InChI is InChI=1S/C20H14F6N4O/c1-12(13-6-5-7-14(10-13)19(21,22)23)28-29-18(31)16-11-27-30(17(16)20(24,25)26)15-8-3-2-4-9-15/h2-11H,1H3,(H,29,31). The largest absolute Gasteiger partial charge is 0.434 e. The van der Waals surface area contributed by atoms with Gasteiger partial charge in [0.25, 0.3) is 5.91 Å². The van der Waals surface area contributed by atoms with Crippen molar-refractivity contribution >= 4 is 11.6 Å². The van der Waals surface area contributed by atoms with E-state index in [-0.39, 0.29) is 17.0 Å². The van der Waals surface area contributed by atoms with Crippen LogP contribution in [-0.2, 0) is 12.4 Å². The minimum Gasteiger partial charge on any atom is -0.267 e. The summed E-state index contributed by atoms with van der Waals surface area (Å²) in [5.41, 5.74) is -0.940. The Kier molecular flexibility index (Phi) is 5.87. The molecule has 0 fully saturated rings. The van der Waals surface area contributed by atoms with Gasteiger partial charge in [-0.05, 0) is 36.8 Å². The maximum Gasteiger partial charge on any atom is 0.434 e. The Morgan fingerprint density at radius 3 is 2.26 bits per heavy atom. The Morgan fingerprint density at radius 2 is 1.65 bits per heavy atom. The smallest absolute Gasteiger partial charge is 0.267 e. The third kappa shape index (κ3) is 4.93. The zero-order valence-electron chi connectivity index (χ0n) is 15.8. The van der Waals surface area contributed by atoms with E-state index in [0.29, 0.717) is 4.68 Å². The van der Waals surface area contributed by atoms with Crippen LogP contribution in [0, 0.1) is 0 Å². The second-order valence-electron chi connectivity index (χ2n) is 6.37. The molecule has 0 atom stereocenters. The number of carbonyl (C=O) groups excluding carboxylic acids is 1. The van der Waals surface area contributed by atoms with Crippen LogP contribution in [0.4, 0.5) is 26.3 Å². The molecular weight excluding hydrogens is 426 g/mol. The van der Waals surface area contributed by atoms with Gasteiger partial charge in [-0.1, -0.05) is 30.3 Å². The van der Waals surface area contributed by atoms with Crippen LogP contribution < -0.4 is 5.43 Å². The molecule has 1 N–H and O–H groups in total. The lowest BCUT2D eigenvalue weighted by Gasteiger charge is -2.12. The second-order valence-corrected chi connectivity index (χ2v) is 6.37. The Bertz CT molecular complexity index is 1120. The quantitative estimate of drug-likeness (QED) is 0.350. The van der Waals surface area contributed by atoms with Crippen molar-refractivity contribution in [2.75, 3.05) is 0 Å². The summed E-state index contributed by atoms with van der Waals surface area (Å²) in [4.78, 5) is 12.4. The number of halogens is 6. The fraction of sp³-hybridized carbons (Fsp3) is 0.150. The van der Waals surface area contributed by atoms with Crippen molar-refractivity contribution in [2.45, 2.75) is 19.3 Å². The molecule has 3 aromatic rings. The van der Waals surface area contributed by atoms with Gasteiger partial charge in [0.15, 0.2) is 5.69 Å². The molecular formula is C20H14F6N4O. The van der Waals surface area contributed by atoms with Crippen LogP contribution in [0.2, 0.25) is 0 Å². The van der Waals surface area contributed by atoms with E-state index in [1.54, 1.807) is 6.07 Å². The molecule has 5 nitrogen and oxygen atoms in total. The van der Waals surface area contributed by atoms with Crippen LogP contribution in [0.25, 0.3) is 5.69 Å². The van der Waals surface area contributed by atoms with Crippen molar-refractivity contribution in [3.05, 3.63) is 83.2 Å². The molecule has 1 heterocycles. The molecule has 3 rings (SSSR count). The van der Waals surface area contributed by atoms with Gasteiger partial charge in [-0.3, -0.25) is 4.79 Å². The van der Waals surface area contributed by atoms with Crippen LogP contribution in [-0.4, -0.2) is 21.4 Å². The zero-order chi connectivity index (χ0) is 22.8. The number of aromatic nitrogens is 2. The number of benzene rings is 2. The van der Waals surface area contributed by atoms with Crippen molar-refractivity contribution in [3.63, 3.8) is 0 Å². The van der Waals surface area contributed by atoms with E-state index in [1.807, 2.05) is 5.43 Å². The lowest BCUT2D eigenvalue weighted by atomic mass is 10.1. The van der Waals surface area contributed by atoms with Crippen molar-refractivity contribution in [1.82, 2.24) is 15.2 Å².